The lowest BCUT2D eigenvalue weighted by atomic mass is 10.2. The van der Waals surface area contributed by atoms with Crippen molar-refractivity contribution in [3.05, 3.63) is 60.8 Å². The minimum absolute atomic E-state index is 0.410. The van der Waals surface area contributed by atoms with E-state index in [1.54, 1.807) is 6.20 Å². The van der Waals surface area contributed by atoms with E-state index in [1.165, 1.54) is 0 Å². The molecular formula is C17H13N5. The number of hydrogen-bond acceptors (Lipinski definition) is 4. The zero-order valence-electron chi connectivity index (χ0n) is 11.7. The second-order valence-corrected chi connectivity index (χ2v) is 4.96. The molecule has 0 spiro atoms. The molecule has 4 rings (SSSR count). The van der Waals surface area contributed by atoms with Crippen molar-refractivity contribution in [2.45, 2.75) is 0 Å². The van der Waals surface area contributed by atoms with Gasteiger partial charge in [-0.05, 0) is 12.1 Å². The number of anilines is 1. The van der Waals surface area contributed by atoms with Crippen LogP contribution in [0.2, 0.25) is 0 Å². The van der Waals surface area contributed by atoms with Gasteiger partial charge in [-0.3, -0.25) is 0 Å². The second kappa shape index (κ2) is 4.96. The lowest BCUT2D eigenvalue weighted by Crippen LogP contribution is -1.99. The summed E-state index contributed by atoms with van der Waals surface area (Å²) < 4.78 is 0. The Morgan fingerprint density at radius 3 is 2.41 bits per heavy atom. The Bertz CT molecular complexity index is 911. The van der Waals surface area contributed by atoms with Crippen molar-refractivity contribution in [3.63, 3.8) is 0 Å². The smallest absolute Gasteiger partial charge is 0.161 e. The van der Waals surface area contributed by atoms with Crippen LogP contribution in [-0.4, -0.2) is 19.9 Å². The molecule has 2 heterocycles. The first-order valence-electron chi connectivity index (χ1n) is 6.94. The van der Waals surface area contributed by atoms with Crippen molar-refractivity contribution >= 4 is 16.9 Å². The molecule has 0 bridgehead atoms. The average molecular weight is 287 g/mol. The van der Waals surface area contributed by atoms with Gasteiger partial charge >= 0.3 is 0 Å². The third-order valence-electron chi connectivity index (χ3n) is 3.49. The maximum absolute atomic E-state index is 6.10. The Balaban J connectivity index is 1.80. The Morgan fingerprint density at radius 2 is 1.64 bits per heavy atom. The maximum atomic E-state index is 6.10. The van der Waals surface area contributed by atoms with E-state index in [0.29, 0.717) is 23.0 Å². The summed E-state index contributed by atoms with van der Waals surface area (Å²) in [6, 6.07) is 17.6. The van der Waals surface area contributed by atoms with Crippen LogP contribution in [0.4, 0.5) is 5.82 Å². The van der Waals surface area contributed by atoms with Crippen LogP contribution in [-0.2, 0) is 0 Å². The summed E-state index contributed by atoms with van der Waals surface area (Å²) in [7, 11) is 0. The maximum Gasteiger partial charge on any atom is 0.161 e. The molecule has 0 saturated heterocycles. The van der Waals surface area contributed by atoms with E-state index < -0.39 is 0 Å². The van der Waals surface area contributed by atoms with E-state index in [9.17, 15) is 0 Å². The van der Waals surface area contributed by atoms with E-state index in [1.807, 2.05) is 54.6 Å². The van der Waals surface area contributed by atoms with Crippen molar-refractivity contribution in [1.29, 1.82) is 0 Å². The monoisotopic (exact) mass is 287 g/mol. The van der Waals surface area contributed by atoms with E-state index in [2.05, 4.69) is 19.9 Å². The largest absolute Gasteiger partial charge is 0.383 e. The number of aromatic nitrogens is 4. The molecule has 0 saturated carbocycles. The number of nitrogens with zero attached hydrogens (tertiary/aromatic N) is 3. The van der Waals surface area contributed by atoms with Crippen LogP contribution in [0.1, 0.15) is 0 Å². The predicted octanol–water partition coefficient (Wildman–Crippen LogP) is 3.27. The van der Waals surface area contributed by atoms with Crippen molar-refractivity contribution in [2.24, 2.45) is 0 Å². The first-order chi connectivity index (χ1) is 10.8. The molecule has 0 aliphatic carbocycles. The van der Waals surface area contributed by atoms with E-state index in [4.69, 9.17) is 5.73 Å². The third kappa shape index (κ3) is 2.09. The molecular weight excluding hydrogens is 274 g/mol. The molecule has 2 aromatic heterocycles. The van der Waals surface area contributed by atoms with Crippen molar-refractivity contribution in [2.75, 3.05) is 5.73 Å². The molecule has 22 heavy (non-hydrogen) atoms. The number of imidazole rings is 1. The summed E-state index contributed by atoms with van der Waals surface area (Å²) in [5.74, 6) is 1.70. The number of nitrogen functional groups attached to an aromatic ring is 1. The molecule has 0 radical (unpaired) electrons. The predicted molar refractivity (Wildman–Crippen MR) is 87.0 cm³/mol. The first-order valence-corrected chi connectivity index (χ1v) is 6.94. The van der Waals surface area contributed by atoms with Gasteiger partial charge in [0.2, 0.25) is 0 Å². The molecule has 2 aromatic carbocycles. The summed E-state index contributed by atoms with van der Waals surface area (Å²) in [5.41, 5.74) is 9.60. The fourth-order valence-corrected chi connectivity index (χ4v) is 2.38. The van der Waals surface area contributed by atoms with Crippen LogP contribution in [0.5, 0.6) is 0 Å². The minimum Gasteiger partial charge on any atom is -0.383 e. The molecule has 0 unspecified atom stereocenters. The van der Waals surface area contributed by atoms with E-state index in [0.717, 1.165) is 16.6 Å². The zero-order chi connectivity index (χ0) is 14.9. The van der Waals surface area contributed by atoms with Gasteiger partial charge in [0, 0.05) is 11.8 Å². The van der Waals surface area contributed by atoms with Gasteiger partial charge in [0.25, 0.3) is 0 Å². The van der Waals surface area contributed by atoms with Gasteiger partial charge in [-0.25, -0.2) is 15.0 Å². The number of para-hydroxylation sites is 2. The number of H-pyrrole nitrogens is 1. The van der Waals surface area contributed by atoms with Crippen LogP contribution >= 0.6 is 0 Å². The second-order valence-electron chi connectivity index (χ2n) is 4.96. The SMILES string of the molecule is Nc1nc(-c2ccccc2)ncc1-c1nc2ccccc2[nH]1. The van der Waals surface area contributed by atoms with Crippen molar-refractivity contribution < 1.29 is 0 Å². The van der Waals surface area contributed by atoms with E-state index >= 15 is 0 Å². The standard InChI is InChI=1S/C17H13N5/c18-15-12(17-20-13-8-4-5-9-14(13)21-17)10-19-16(22-15)11-6-2-1-3-7-11/h1-10H,(H,20,21)(H2,18,19,22). The van der Waals surface area contributed by atoms with Gasteiger partial charge < -0.3 is 10.7 Å². The molecule has 5 heteroatoms. The Hall–Kier alpha value is -3.21. The molecule has 0 amide bonds. The van der Waals surface area contributed by atoms with E-state index in [-0.39, 0.29) is 0 Å². The summed E-state index contributed by atoms with van der Waals surface area (Å²) in [5, 5.41) is 0. The van der Waals surface area contributed by atoms with Crippen LogP contribution < -0.4 is 5.73 Å². The number of aromatic amines is 1. The van der Waals surface area contributed by atoms with Crippen molar-refractivity contribution in [1.82, 2.24) is 19.9 Å². The zero-order valence-corrected chi connectivity index (χ0v) is 11.7. The topological polar surface area (TPSA) is 80.5 Å². The van der Waals surface area contributed by atoms with Gasteiger partial charge in [0.15, 0.2) is 5.82 Å². The molecule has 5 nitrogen and oxygen atoms in total. The van der Waals surface area contributed by atoms with Crippen LogP contribution in [0.25, 0.3) is 33.8 Å². The first kappa shape index (κ1) is 12.5. The fraction of sp³-hybridized carbons (Fsp3) is 0. The lowest BCUT2D eigenvalue weighted by Gasteiger charge is -2.04. The molecule has 4 aromatic rings. The number of rotatable bonds is 2. The van der Waals surface area contributed by atoms with Crippen molar-refractivity contribution in [3.8, 4) is 22.8 Å². The van der Waals surface area contributed by atoms with Crippen LogP contribution in [0.15, 0.2) is 60.8 Å². The lowest BCUT2D eigenvalue weighted by molar-refractivity contribution is 1.17. The number of nitrogens with one attached hydrogen (secondary N) is 1. The summed E-state index contributed by atoms with van der Waals surface area (Å²) in [6.45, 7) is 0. The van der Waals surface area contributed by atoms with Gasteiger partial charge in [-0.1, -0.05) is 42.5 Å². The van der Waals surface area contributed by atoms with Gasteiger partial charge in [0.05, 0.1) is 16.6 Å². The normalized spacial score (nSPS) is 10.9. The fourth-order valence-electron chi connectivity index (χ4n) is 2.38. The Morgan fingerprint density at radius 1 is 0.864 bits per heavy atom. The number of nitrogens with two attached hydrogens (primary N) is 1. The number of fused-ring (bicyclic) bond motifs is 1. The number of benzene rings is 2. The van der Waals surface area contributed by atoms with Crippen LogP contribution in [0, 0.1) is 0 Å². The number of hydrogen-bond donors (Lipinski definition) is 2. The summed E-state index contributed by atoms with van der Waals surface area (Å²) in [6.07, 6.45) is 1.71. The summed E-state index contributed by atoms with van der Waals surface area (Å²) >= 11 is 0. The molecule has 0 atom stereocenters. The quantitative estimate of drug-likeness (QED) is 0.593. The highest BCUT2D eigenvalue weighted by Gasteiger charge is 2.11. The minimum atomic E-state index is 0.410. The van der Waals surface area contributed by atoms with Crippen LogP contribution in [0.3, 0.4) is 0 Å². The highest BCUT2D eigenvalue weighted by atomic mass is 15.0. The van der Waals surface area contributed by atoms with Gasteiger partial charge in [-0.2, -0.15) is 0 Å². The van der Waals surface area contributed by atoms with Gasteiger partial charge in [-0.15, -0.1) is 0 Å². The molecule has 3 N–H and O–H groups in total. The average Bonchev–Trinajstić information content (AvgIpc) is 2.99. The molecule has 0 aliphatic rings. The Kier molecular flexibility index (Phi) is 2.83. The van der Waals surface area contributed by atoms with Gasteiger partial charge in [0.1, 0.15) is 11.6 Å². The highest BCUT2D eigenvalue weighted by molar-refractivity contribution is 5.81. The molecule has 0 aliphatic heterocycles. The third-order valence-corrected chi connectivity index (χ3v) is 3.49. The molecule has 106 valence electrons. The highest BCUT2D eigenvalue weighted by Crippen LogP contribution is 2.25. The Labute approximate surface area is 126 Å². The molecule has 0 fully saturated rings. The summed E-state index contributed by atoms with van der Waals surface area (Å²) in [4.78, 5) is 16.6.